The molecule has 0 spiro atoms. The third-order valence-electron chi connectivity index (χ3n) is 4.30. The number of fused-ring (bicyclic) bond motifs is 1. The Kier molecular flexibility index (Phi) is 5.35. The summed E-state index contributed by atoms with van der Waals surface area (Å²) in [6.45, 7) is 5.70. The zero-order chi connectivity index (χ0) is 15.9. The molecule has 6 nitrogen and oxygen atoms in total. The van der Waals surface area contributed by atoms with Gasteiger partial charge in [0.1, 0.15) is 0 Å². The molecule has 2 aliphatic rings. The zero-order valence-electron chi connectivity index (χ0n) is 13.3. The maximum atomic E-state index is 12.8. The van der Waals surface area contributed by atoms with E-state index in [2.05, 4.69) is 5.32 Å². The van der Waals surface area contributed by atoms with Gasteiger partial charge in [-0.2, -0.15) is 4.31 Å². The molecule has 0 radical (unpaired) electrons. The first kappa shape index (κ1) is 18.2. The van der Waals surface area contributed by atoms with Crippen molar-refractivity contribution in [3.8, 4) is 0 Å². The lowest BCUT2D eigenvalue weighted by molar-refractivity contribution is -0.116. The predicted molar refractivity (Wildman–Crippen MR) is 91.6 cm³/mol. The van der Waals surface area contributed by atoms with Crippen LogP contribution in [0.15, 0.2) is 23.1 Å². The minimum absolute atomic E-state index is 0. The number of amides is 1. The van der Waals surface area contributed by atoms with E-state index in [4.69, 9.17) is 0 Å². The largest absolute Gasteiger partial charge is 0.312 e. The van der Waals surface area contributed by atoms with Crippen LogP contribution >= 0.6 is 12.4 Å². The Labute approximate surface area is 143 Å². The second-order valence-corrected chi connectivity index (χ2v) is 7.87. The fourth-order valence-electron chi connectivity index (χ4n) is 3.11. The summed E-state index contributed by atoms with van der Waals surface area (Å²) >= 11 is 0. The fourth-order valence-corrected chi connectivity index (χ4v) is 4.66. The number of hydrogen-bond acceptors (Lipinski definition) is 4. The molecule has 128 valence electrons. The molecule has 1 N–H and O–H groups in total. The molecule has 1 atom stereocenters. The molecule has 1 saturated heterocycles. The van der Waals surface area contributed by atoms with Crippen LogP contribution < -0.4 is 10.2 Å². The molecule has 23 heavy (non-hydrogen) atoms. The maximum Gasteiger partial charge on any atom is 0.243 e. The van der Waals surface area contributed by atoms with Gasteiger partial charge < -0.3 is 10.2 Å². The summed E-state index contributed by atoms with van der Waals surface area (Å²) in [6, 6.07) is 5.28. The van der Waals surface area contributed by atoms with Crippen LogP contribution in [0.2, 0.25) is 0 Å². The van der Waals surface area contributed by atoms with Gasteiger partial charge in [0, 0.05) is 44.8 Å². The summed E-state index contributed by atoms with van der Waals surface area (Å²) in [5.41, 5.74) is 1.76. The van der Waals surface area contributed by atoms with E-state index in [1.807, 2.05) is 13.0 Å². The lowest BCUT2D eigenvalue weighted by atomic mass is 10.2. The lowest BCUT2D eigenvalue weighted by Gasteiger charge is -2.31. The monoisotopic (exact) mass is 359 g/mol. The molecule has 1 fully saturated rings. The summed E-state index contributed by atoms with van der Waals surface area (Å²) in [7, 11) is -3.51. The van der Waals surface area contributed by atoms with E-state index in [0.717, 1.165) is 17.7 Å². The van der Waals surface area contributed by atoms with Crippen LogP contribution in [0.1, 0.15) is 19.4 Å². The van der Waals surface area contributed by atoms with E-state index in [1.165, 1.54) is 11.2 Å². The average molecular weight is 360 g/mol. The first-order valence-electron chi connectivity index (χ1n) is 7.54. The third kappa shape index (κ3) is 3.38. The van der Waals surface area contributed by atoms with Crippen LogP contribution in [-0.4, -0.2) is 50.9 Å². The Bertz CT molecular complexity index is 708. The normalized spacial score (nSPS) is 21.7. The van der Waals surface area contributed by atoms with Crippen molar-refractivity contribution in [1.82, 2.24) is 9.62 Å². The van der Waals surface area contributed by atoms with Crippen molar-refractivity contribution in [2.24, 2.45) is 0 Å². The topological polar surface area (TPSA) is 69.7 Å². The number of carbonyl (C=O) groups is 1. The molecule has 0 aromatic heterocycles. The number of benzene rings is 1. The molecule has 3 rings (SSSR count). The first-order chi connectivity index (χ1) is 10.4. The molecule has 2 heterocycles. The van der Waals surface area contributed by atoms with E-state index in [0.29, 0.717) is 26.2 Å². The molecule has 1 aromatic carbocycles. The highest BCUT2D eigenvalue weighted by Gasteiger charge is 2.30. The second-order valence-electron chi connectivity index (χ2n) is 5.93. The van der Waals surface area contributed by atoms with Crippen molar-refractivity contribution in [2.75, 3.05) is 31.1 Å². The summed E-state index contributed by atoms with van der Waals surface area (Å²) in [6.07, 6.45) is 0.778. The number of sulfonamides is 1. The molecule has 0 aliphatic carbocycles. The molecule has 0 unspecified atom stereocenters. The number of rotatable bonds is 2. The smallest absolute Gasteiger partial charge is 0.243 e. The maximum absolute atomic E-state index is 12.8. The Balaban J connectivity index is 0.00000192. The van der Waals surface area contributed by atoms with Gasteiger partial charge in [-0.1, -0.05) is 6.07 Å². The average Bonchev–Trinajstić information content (AvgIpc) is 2.90. The van der Waals surface area contributed by atoms with Gasteiger partial charge in [0.15, 0.2) is 0 Å². The SMILES string of the molecule is CC(=O)N1CCc2ccc(S(=O)(=O)N3CCN[C@@H](C)C3)cc21.Cl. The second kappa shape index (κ2) is 6.76. The highest BCUT2D eigenvalue weighted by atomic mass is 35.5. The van der Waals surface area contributed by atoms with Crippen molar-refractivity contribution in [3.63, 3.8) is 0 Å². The van der Waals surface area contributed by atoms with Crippen molar-refractivity contribution >= 4 is 34.0 Å². The number of nitrogens with zero attached hydrogens (tertiary/aromatic N) is 2. The number of nitrogens with one attached hydrogen (secondary N) is 1. The van der Waals surface area contributed by atoms with Crippen LogP contribution in [0, 0.1) is 0 Å². The highest BCUT2D eigenvalue weighted by molar-refractivity contribution is 7.89. The molecular weight excluding hydrogens is 338 g/mol. The van der Waals surface area contributed by atoms with Gasteiger partial charge in [0.2, 0.25) is 15.9 Å². The highest BCUT2D eigenvalue weighted by Crippen LogP contribution is 2.31. The lowest BCUT2D eigenvalue weighted by Crippen LogP contribution is -2.51. The Morgan fingerprint density at radius 2 is 2.04 bits per heavy atom. The zero-order valence-corrected chi connectivity index (χ0v) is 14.9. The van der Waals surface area contributed by atoms with Gasteiger partial charge in [0.25, 0.3) is 0 Å². The molecule has 8 heteroatoms. The summed E-state index contributed by atoms with van der Waals surface area (Å²) in [4.78, 5) is 13.6. The molecule has 1 aromatic rings. The number of piperazine rings is 1. The van der Waals surface area contributed by atoms with Crippen LogP contribution in [0.5, 0.6) is 0 Å². The van der Waals surface area contributed by atoms with Crippen LogP contribution in [0.4, 0.5) is 5.69 Å². The van der Waals surface area contributed by atoms with Crippen LogP contribution in [0.3, 0.4) is 0 Å². The molecule has 1 amide bonds. The minimum atomic E-state index is -3.51. The molecule has 0 bridgehead atoms. The number of hydrogen-bond donors (Lipinski definition) is 1. The third-order valence-corrected chi connectivity index (χ3v) is 6.16. The van der Waals surface area contributed by atoms with E-state index >= 15 is 0 Å². The molecule has 0 saturated carbocycles. The van der Waals surface area contributed by atoms with Crippen molar-refractivity contribution in [2.45, 2.75) is 31.2 Å². The van der Waals surface area contributed by atoms with Gasteiger partial charge >= 0.3 is 0 Å². The summed E-state index contributed by atoms with van der Waals surface area (Å²) < 4.78 is 27.1. The molecular formula is C15H22ClN3O3S. The Hall–Kier alpha value is -1.15. The van der Waals surface area contributed by atoms with Gasteiger partial charge in [-0.25, -0.2) is 8.42 Å². The van der Waals surface area contributed by atoms with Gasteiger partial charge in [-0.15, -0.1) is 12.4 Å². The van der Waals surface area contributed by atoms with Crippen molar-refractivity contribution in [1.29, 1.82) is 0 Å². The first-order valence-corrected chi connectivity index (χ1v) is 8.98. The van der Waals surface area contributed by atoms with Crippen LogP contribution in [0.25, 0.3) is 0 Å². The van der Waals surface area contributed by atoms with Gasteiger partial charge in [-0.05, 0) is 31.0 Å². The summed E-state index contributed by atoms with van der Waals surface area (Å²) in [5.74, 6) is -0.0518. The Morgan fingerprint density at radius 1 is 1.30 bits per heavy atom. The quantitative estimate of drug-likeness (QED) is 0.855. The van der Waals surface area contributed by atoms with Gasteiger partial charge in [0.05, 0.1) is 4.90 Å². The predicted octanol–water partition coefficient (Wildman–Crippen LogP) is 1.000. The van der Waals surface area contributed by atoms with Crippen LogP contribution in [-0.2, 0) is 21.2 Å². The minimum Gasteiger partial charge on any atom is -0.312 e. The fraction of sp³-hybridized carbons (Fsp3) is 0.533. The van der Waals surface area contributed by atoms with Gasteiger partial charge in [-0.3, -0.25) is 4.79 Å². The standard InChI is InChI=1S/C15H21N3O3S.ClH/c1-11-10-17(8-6-16-11)22(20,21)14-4-3-13-5-7-18(12(2)19)15(13)9-14;/h3-4,9,11,16H,5-8,10H2,1-2H3;1H/t11-;/m0./s1. The number of halogens is 1. The number of anilines is 1. The van der Waals surface area contributed by atoms with E-state index in [-0.39, 0.29) is 29.3 Å². The van der Waals surface area contributed by atoms with E-state index in [9.17, 15) is 13.2 Å². The van der Waals surface area contributed by atoms with E-state index in [1.54, 1.807) is 17.0 Å². The van der Waals surface area contributed by atoms with Crippen molar-refractivity contribution < 1.29 is 13.2 Å². The van der Waals surface area contributed by atoms with Crippen molar-refractivity contribution in [3.05, 3.63) is 23.8 Å². The summed E-state index contributed by atoms with van der Waals surface area (Å²) in [5, 5.41) is 3.24. The van der Waals surface area contributed by atoms with E-state index < -0.39 is 10.0 Å². The Morgan fingerprint density at radius 3 is 2.70 bits per heavy atom. The number of carbonyl (C=O) groups excluding carboxylic acids is 1. The molecule has 2 aliphatic heterocycles.